The van der Waals surface area contributed by atoms with Crippen LogP contribution in [0.2, 0.25) is 5.02 Å². The van der Waals surface area contributed by atoms with Crippen molar-refractivity contribution in [1.82, 2.24) is 10.2 Å². The summed E-state index contributed by atoms with van der Waals surface area (Å²) in [6, 6.07) is 11.1. The topological polar surface area (TPSA) is 49.4 Å². The second kappa shape index (κ2) is 6.46. The van der Waals surface area contributed by atoms with Crippen LogP contribution in [0.4, 0.5) is 0 Å². The molecule has 2 aliphatic rings. The van der Waals surface area contributed by atoms with E-state index < -0.39 is 0 Å². The largest absolute Gasteiger partial charge is 0.351 e. The number of rotatable bonds is 4. The molecule has 1 aromatic carbocycles. The highest BCUT2D eigenvalue weighted by Crippen LogP contribution is 2.58. The highest BCUT2D eigenvalue weighted by molar-refractivity contribution is 7.09. The van der Waals surface area contributed by atoms with Crippen molar-refractivity contribution in [3.8, 4) is 0 Å². The van der Waals surface area contributed by atoms with Crippen LogP contribution in [0.1, 0.15) is 28.1 Å². The number of halogens is 1. The van der Waals surface area contributed by atoms with Crippen LogP contribution in [0.3, 0.4) is 0 Å². The summed E-state index contributed by atoms with van der Waals surface area (Å²) in [5, 5.41) is 5.61. The van der Waals surface area contributed by atoms with Gasteiger partial charge in [-0.25, -0.2) is 0 Å². The number of hydrogen-bond acceptors (Lipinski definition) is 3. The lowest BCUT2D eigenvalue weighted by molar-refractivity contribution is -0.123. The van der Waals surface area contributed by atoms with E-state index in [2.05, 4.69) is 5.32 Å². The number of thiophene rings is 1. The molecule has 130 valence electrons. The molecule has 1 saturated heterocycles. The Morgan fingerprint density at radius 1 is 1.32 bits per heavy atom. The molecule has 2 aromatic rings. The van der Waals surface area contributed by atoms with Crippen molar-refractivity contribution in [3.05, 3.63) is 57.2 Å². The molecule has 2 atom stereocenters. The first-order valence-corrected chi connectivity index (χ1v) is 9.68. The van der Waals surface area contributed by atoms with Crippen LogP contribution in [0, 0.1) is 11.3 Å². The first-order chi connectivity index (χ1) is 12.1. The fourth-order valence-electron chi connectivity index (χ4n) is 3.75. The van der Waals surface area contributed by atoms with Gasteiger partial charge in [-0.3, -0.25) is 9.59 Å². The van der Waals surface area contributed by atoms with Crippen molar-refractivity contribution in [3.63, 3.8) is 0 Å². The van der Waals surface area contributed by atoms with Gasteiger partial charge in [0.15, 0.2) is 0 Å². The summed E-state index contributed by atoms with van der Waals surface area (Å²) < 4.78 is 0. The van der Waals surface area contributed by atoms with E-state index in [1.807, 2.05) is 22.4 Å². The zero-order valence-electron chi connectivity index (χ0n) is 13.7. The van der Waals surface area contributed by atoms with Crippen molar-refractivity contribution < 1.29 is 9.59 Å². The normalized spacial score (nSPS) is 24.5. The SMILES string of the molecule is O=C(NCc1cccs1)[C@H]1C[C@@]12CCN(C(=O)c1cccc(Cl)c1)C2. The molecule has 1 saturated carbocycles. The number of carbonyl (C=O) groups is 2. The number of likely N-dealkylation sites (tertiary alicyclic amines) is 1. The summed E-state index contributed by atoms with van der Waals surface area (Å²) in [5.74, 6) is 0.152. The quantitative estimate of drug-likeness (QED) is 0.889. The van der Waals surface area contributed by atoms with E-state index in [-0.39, 0.29) is 23.1 Å². The molecule has 1 spiro atoms. The summed E-state index contributed by atoms with van der Waals surface area (Å²) in [5.41, 5.74) is 0.595. The summed E-state index contributed by atoms with van der Waals surface area (Å²) in [4.78, 5) is 28.1. The molecule has 1 aliphatic carbocycles. The molecule has 2 amide bonds. The number of hydrogen-bond donors (Lipinski definition) is 1. The lowest BCUT2D eigenvalue weighted by Crippen LogP contribution is -2.31. The standard InChI is InChI=1S/C19H19ClN2O2S/c20-14-4-1-3-13(9-14)18(24)22-7-6-19(12-22)10-16(19)17(23)21-11-15-5-2-8-25-15/h1-5,8-9,16H,6-7,10-12H2,(H,21,23)/t16-,19-/m1/s1. The minimum atomic E-state index is -0.0201. The van der Waals surface area contributed by atoms with Crippen molar-refractivity contribution in [1.29, 1.82) is 0 Å². The molecule has 2 fully saturated rings. The van der Waals surface area contributed by atoms with Gasteiger partial charge in [-0.1, -0.05) is 23.7 Å². The summed E-state index contributed by atoms with van der Waals surface area (Å²) in [6.45, 7) is 1.96. The molecule has 6 heteroatoms. The van der Waals surface area contributed by atoms with Gasteiger partial charge >= 0.3 is 0 Å². The Morgan fingerprint density at radius 3 is 2.96 bits per heavy atom. The molecule has 0 radical (unpaired) electrons. The van der Waals surface area contributed by atoms with Crippen LogP contribution in [0.15, 0.2) is 41.8 Å². The average Bonchev–Trinajstić information content (AvgIpc) is 2.95. The van der Waals surface area contributed by atoms with Crippen LogP contribution < -0.4 is 5.32 Å². The molecule has 1 aromatic heterocycles. The van der Waals surface area contributed by atoms with Crippen molar-refractivity contribution in [2.75, 3.05) is 13.1 Å². The summed E-state index contributed by atoms with van der Waals surface area (Å²) in [6.07, 6.45) is 1.78. The van der Waals surface area contributed by atoms with Crippen molar-refractivity contribution in [2.24, 2.45) is 11.3 Å². The van der Waals surface area contributed by atoms with Gasteiger partial charge in [0.05, 0.1) is 6.54 Å². The van der Waals surface area contributed by atoms with Crippen molar-refractivity contribution >= 4 is 34.8 Å². The number of nitrogens with one attached hydrogen (secondary N) is 1. The smallest absolute Gasteiger partial charge is 0.253 e. The van der Waals surface area contributed by atoms with Crippen LogP contribution in [-0.2, 0) is 11.3 Å². The molecule has 4 rings (SSSR count). The molecule has 4 nitrogen and oxygen atoms in total. The van der Waals surface area contributed by atoms with E-state index in [0.29, 0.717) is 30.2 Å². The van der Waals surface area contributed by atoms with E-state index in [1.165, 1.54) is 0 Å². The van der Waals surface area contributed by atoms with E-state index in [0.717, 1.165) is 17.7 Å². The third-order valence-corrected chi connectivity index (χ3v) is 6.38. The molecule has 25 heavy (non-hydrogen) atoms. The zero-order valence-corrected chi connectivity index (χ0v) is 15.3. The van der Waals surface area contributed by atoms with Gasteiger partial charge in [-0.15, -0.1) is 11.3 Å². The maximum atomic E-state index is 12.6. The number of carbonyl (C=O) groups excluding carboxylic acids is 2. The molecule has 2 heterocycles. The van der Waals surface area contributed by atoms with Gasteiger partial charge in [0.25, 0.3) is 5.91 Å². The van der Waals surface area contributed by atoms with Gasteiger partial charge in [0.1, 0.15) is 0 Å². The Morgan fingerprint density at radius 2 is 2.20 bits per heavy atom. The molecule has 0 unspecified atom stereocenters. The van der Waals surface area contributed by atoms with E-state index >= 15 is 0 Å². The third kappa shape index (κ3) is 3.31. The number of nitrogens with zero attached hydrogens (tertiary/aromatic N) is 1. The Hall–Kier alpha value is -1.85. The number of benzene rings is 1. The highest BCUT2D eigenvalue weighted by Gasteiger charge is 2.61. The summed E-state index contributed by atoms with van der Waals surface area (Å²) in [7, 11) is 0. The third-order valence-electron chi connectivity index (χ3n) is 5.27. The van der Waals surface area contributed by atoms with Gasteiger partial charge < -0.3 is 10.2 Å². The Kier molecular flexibility index (Phi) is 4.29. The van der Waals surface area contributed by atoms with E-state index in [4.69, 9.17) is 11.6 Å². The van der Waals surface area contributed by atoms with Gasteiger partial charge in [-0.05, 0) is 42.5 Å². The molecule has 1 aliphatic heterocycles. The lowest BCUT2D eigenvalue weighted by Gasteiger charge is -2.17. The second-order valence-corrected chi connectivity index (χ2v) is 8.37. The minimum absolute atomic E-state index is 0.00372. The van der Waals surface area contributed by atoms with Crippen LogP contribution in [-0.4, -0.2) is 29.8 Å². The zero-order chi connectivity index (χ0) is 17.4. The molecule has 1 N–H and O–H groups in total. The lowest BCUT2D eigenvalue weighted by atomic mass is 10.0. The van der Waals surface area contributed by atoms with Gasteiger partial charge in [-0.2, -0.15) is 0 Å². The predicted molar refractivity (Wildman–Crippen MR) is 98.7 cm³/mol. The minimum Gasteiger partial charge on any atom is -0.351 e. The van der Waals surface area contributed by atoms with Crippen LogP contribution in [0.25, 0.3) is 0 Å². The molecular weight excluding hydrogens is 356 g/mol. The Bertz CT molecular complexity index is 808. The first kappa shape index (κ1) is 16.6. The van der Waals surface area contributed by atoms with Crippen molar-refractivity contribution in [2.45, 2.75) is 19.4 Å². The Balaban J connectivity index is 1.35. The maximum absolute atomic E-state index is 12.6. The Labute approximate surface area is 155 Å². The second-order valence-electron chi connectivity index (χ2n) is 6.90. The van der Waals surface area contributed by atoms with Crippen LogP contribution in [0.5, 0.6) is 0 Å². The monoisotopic (exact) mass is 374 g/mol. The summed E-state index contributed by atoms with van der Waals surface area (Å²) >= 11 is 7.63. The highest BCUT2D eigenvalue weighted by atomic mass is 35.5. The molecule has 0 bridgehead atoms. The fourth-order valence-corrected chi connectivity index (χ4v) is 4.59. The predicted octanol–water partition coefficient (Wildman–Crippen LogP) is 3.57. The van der Waals surface area contributed by atoms with Crippen LogP contribution >= 0.6 is 22.9 Å². The molecular formula is C19H19ClN2O2S. The number of amides is 2. The fraction of sp³-hybridized carbons (Fsp3) is 0.368. The first-order valence-electron chi connectivity index (χ1n) is 8.42. The maximum Gasteiger partial charge on any atom is 0.253 e. The van der Waals surface area contributed by atoms with E-state index in [1.54, 1.807) is 35.6 Å². The van der Waals surface area contributed by atoms with Gasteiger partial charge in [0, 0.05) is 39.9 Å². The van der Waals surface area contributed by atoms with Gasteiger partial charge in [0.2, 0.25) is 5.91 Å². The van der Waals surface area contributed by atoms with E-state index in [9.17, 15) is 9.59 Å². The average molecular weight is 375 g/mol.